The van der Waals surface area contributed by atoms with E-state index >= 15 is 0 Å². The van der Waals surface area contributed by atoms with Crippen molar-refractivity contribution in [3.05, 3.63) is 29.3 Å². The Bertz CT molecular complexity index is 814. The van der Waals surface area contributed by atoms with Crippen LogP contribution >= 0.6 is 11.6 Å². The summed E-state index contributed by atoms with van der Waals surface area (Å²) >= 11 is 5.95. The van der Waals surface area contributed by atoms with Crippen molar-refractivity contribution in [3.8, 4) is 0 Å². The lowest BCUT2D eigenvalue weighted by atomic mass is 9.81. The van der Waals surface area contributed by atoms with Crippen molar-refractivity contribution in [1.29, 1.82) is 0 Å². The molecule has 148 valence electrons. The minimum absolute atomic E-state index is 0.00900. The molecular formula is C20H21ClN2O5. The smallest absolute Gasteiger partial charge is 0.308 e. The van der Waals surface area contributed by atoms with E-state index in [0.29, 0.717) is 22.5 Å². The Labute approximate surface area is 167 Å². The van der Waals surface area contributed by atoms with Gasteiger partial charge in [0.25, 0.3) is 5.91 Å². The molecule has 3 aliphatic rings. The third-order valence-electron chi connectivity index (χ3n) is 6.07. The predicted octanol–water partition coefficient (Wildman–Crippen LogP) is 2.24. The van der Waals surface area contributed by atoms with Crippen LogP contribution in [0.5, 0.6) is 0 Å². The number of amides is 3. The maximum Gasteiger partial charge on any atom is 0.308 e. The molecule has 0 radical (unpaired) electrons. The number of para-hydroxylation sites is 1. The number of fused-ring (bicyclic) bond motifs is 5. The van der Waals surface area contributed by atoms with Gasteiger partial charge >= 0.3 is 5.97 Å². The van der Waals surface area contributed by atoms with Crippen LogP contribution in [-0.4, -0.2) is 41.7 Å². The molecule has 2 bridgehead atoms. The number of nitrogens with zero attached hydrogens (tertiary/aromatic N) is 1. The fourth-order valence-corrected chi connectivity index (χ4v) is 5.04. The van der Waals surface area contributed by atoms with Crippen molar-refractivity contribution in [1.82, 2.24) is 4.90 Å². The Morgan fingerprint density at radius 2 is 1.75 bits per heavy atom. The Kier molecular flexibility index (Phi) is 5.10. The summed E-state index contributed by atoms with van der Waals surface area (Å²) < 4.78 is 4.95. The molecule has 1 aromatic carbocycles. The molecule has 1 heterocycles. The van der Waals surface area contributed by atoms with Gasteiger partial charge in [-0.1, -0.05) is 23.7 Å². The first-order chi connectivity index (χ1) is 13.5. The molecule has 3 fully saturated rings. The van der Waals surface area contributed by atoms with Crippen molar-refractivity contribution in [2.45, 2.75) is 25.7 Å². The highest BCUT2D eigenvalue weighted by atomic mass is 35.5. The van der Waals surface area contributed by atoms with Crippen LogP contribution in [0.2, 0.25) is 5.02 Å². The summed E-state index contributed by atoms with van der Waals surface area (Å²) in [6.07, 6.45) is 2.89. The molecule has 28 heavy (non-hydrogen) atoms. The van der Waals surface area contributed by atoms with Gasteiger partial charge in [-0.3, -0.25) is 24.1 Å². The average molecular weight is 405 g/mol. The lowest BCUT2D eigenvalue weighted by Gasteiger charge is -2.19. The molecule has 2 saturated carbocycles. The van der Waals surface area contributed by atoms with Crippen LogP contribution in [0, 0.1) is 23.7 Å². The second kappa shape index (κ2) is 7.54. The number of carbonyl (C=O) groups excluding carboxylic acids is 4. The molecule has 4 atom stereocenters. The molecule has 8 heteroatoms. The predicted molar refractivity (Wildman–Crippen MR) is 100 cm³/mol. The van der Waals surface area contributed by atoms with E-state index in [2.05, 4.69) is 5.32 Å². The van der Waals surface area contributed by atoms with Crippen LogP contribution in [0.4, 0.5) is 5.69 Å². The normalized spacial score (nSPS) is 27.8. The summed E-state index contributed by atoms with van der Waals surface area (Å²) in [5.41, 5.74) is 0.430. The summed E-state index contributed by atoms with van der Waals surface area (Å²) in [5.74, 6) is -1.19. The van der Waals surface area contributed by atoms with Crippen LogP contribution in [-0.2, 0) is 23.9 Å². The van der Waals surface area contributed by atoms with E-state index in [-0.39, 0.29) is 36.6 Å². The number of carbonyl (C=O) groups is 4. The van der Waals surface area contributed by atoms with Gasteiger partial charge in [-0.15, -0.1) is 0 Å². The molecule has 0 unspecified atom stereocenters. The number of hydrogen-bond acceptors (Lipinski definition) is 5. The van der Waals surface area contributed by atoms with Crippen LogP contribution in [0.3, 0.4) is 0 Å². The second-order valence-corrected chi connectivity index (χ2v) is 8.06. The first-order valence-electron chi connectivity index (χ1n) is 9.51. The van der Waals surface area contributed by atoms with Crippen LogP contribution in [0.15, 0.2) is 24.3 Å². The third kappa shape index (κ3) is 3.39. The number of ether oxygens (including phenoxy) is 1. The lowest BCUT2D eigenvalue weighted by Crippen LogP contribution is -2.35. The summed E-state index contributed by atoms with van der Waals surface area (Å²) in [6, 6.07) is 6.73. The Hall–Kier alpha value is -2.41. The number of anilines is 1. The number of likely N-dealkylation sites (tertiary alicyclic amines) is 1. The highest BCUT2D eigenvalue weighted by Crippen LogP contribution is 2.56. The van der Waals surface area contributed by atoms with Gasteiger partial charge in [-0.05, 0) is 43.2 Å². The zero-order valence-corrected chi connectivity index (χ0v) is 16.0. The first kappa shape index (κ1) is 18.9. The monoisotopic (exact) mass is 404 g/mol. The maximum atomic E-state index is 12.6. The van der Waals surface area contributed by atoms with E-state index in [1.165, 1.54) is 4.90 Å². The van der Waals surface area contributed by atoms with Crippen molar-refractivity contribution in [3.63, 3.8) is 0 Å². The number of rotatable bonds is 6. The van der Waals surface area contributed by atoms with Gasteiger partial charge < -0.3 is 10.1 Å². The highest BCUT2D eigenvalue weighted by molar-refractivity contribution is 6.33. The number of halogens is 1. The van der Waals surface area contributed by atoms with E-state index < -0.39 is 18.5 Å². The summed E-state index contributed by atoms with van der Waals surface area (Å²) in [4.78, 5) is 50.2. The first-order valence-corrected chi connectivity index (χ1v) is 9.88. The molecule has 3 amide bonds. The van der Waals surface area contributed by atoms with Gasteiger partial charge in [0, 0.05) is 6.54 Å². The minimum Gasteiger partial charge on any atom is -0.456 e. The van der Waals surface area contributed by atoms with Crippen molar-refractivity contribution in [2.24, 2.45) is 23.7 Å². The summed E-state index contributed by atoms with van der Waals surface area (Å²) in [5, 5.41) is 2.94. The molecule has 1 saturated heterocycles. The van der Waals surface area contributed by atoms with E-state index in [1.54, 1.807) is 24.3 Å². The van der Waals surface area contributed by atoms with Gasteiger partial charge in [-0.2, -0.15) is 0 Å². The zero-order chi connectivity index (χ0) is 19.8. The topological polar surface area (TPSA) is 92.8 Å². The van der Waals surface area contributed by atoms with Gasteiger partial charge in [0.15, 0.2) is 6.61 Å². The van der Waals surface area contributed by atoms with Crippen LogP contribution in [0.1, 0.15) is 25.7 Å². The van der Waals surface area contributed by atoms with Crippen LogP contribution < -0.4 is 5.32 Å². The number of hydrogen-bond donors (Lipinski definition) is 1. The number of nitrogens with one attached hydrogen (secondary N) is 1. The van der Waals surface area contributed by atoms with Gasteiger partial charge in [0.05, 0.1) is 29.0 Å². The Morgan fingerprint density at radius 1 is 1.11 bits per heavy atom. The van der Waals surface area contributed by atoms with E-state index in [1.807, 2.05) is 0 Å². The van der Waals surface area contributed by atoms with E-state index in [0.717, 1.165) is 19.3 Å². The SMILES string of the molecule is O=C(COC(=O)CCN1C(=O)[C@@H]2[C@H]3CC[C@@H](C3)[C@H]2C1=O)Nc1ccccc1Cl. The molecule has 0 spiro atoms. The van der Waals surface area contributed by atoms with Crippen molar-refractivity contribution >= 4 is 41.0 Å². The Balaban J connectivity index is 1.24. The second-order valence-electron chi connectivity index (χ2n) is 7.65. The quantitative estimate of drug-likeness (QED) is 0.579. The van der Waals surface area contributed by atoms with Crippen molar-refractivity contribution in [2.75, 3.05) is 18.5 Å². The Morgan fingerprint density at radius 3 is 2.39 bits per heavy atom. The third-order valence-corrected chi connectivity index (χ3v) is 6.40. The largest absolute Gasteiger partial charge is 0.456 e. The molecule has 0 aromatic heterocycles. The van der Waals surface area contributed by atoms with E-state index in [9.17, 15) is 19.2 Å². The molecule has 7 nitrogen and oxygen atoms in total. The van der Waals surface area contributed by atoms with E-state index in [4.69, 9.17) is 16.3 Å². The highest BCUT2D eigenvalue weighted by Gasteiger charge is 2.60. The summed E-state index contributed by atoms with van der Waals surface area (Å²) in [7, 11) is 0. The van der Waals surface area contributed by atoms with Crippen LogP contribution in [0.25, 0.3) is 0 Å². The fraction of sp³-hybridized carbons (Fsp3) is 0.500. The fourth-order valence-electron chi connectivity index (χ4n) is 4.86. The molecular weight excluding hydrogens is 384 g/mol. The standard InChI is InChI=1S/C20H21ClN2O5/c21-13-3-1-2-4-14(13)22-15(24)10-28-16(25)7-8-23-19(26)17-11-5-6-12(9-11)18(17)20(23)27/h1-4,11-12,17-18H,5-10H2,(H,22,24)/t11-,12-,17+,18+/m0/s1. The van der Waals surface area contributed by atoms with Gasteiger partial charge in [0.1, 0.15) is 0 Å². The molecule has 2 aliphatic carbocycles. The lowest BCUT2D eigenvalue weighted by molar-refractivity contribution is -0.149. The summed E-state index contributed by atoms with van der Waals surface area (Å²) in [6.45, 7) is -0.448. The van der Waals surface area contributed by atoms with Gasteiger partial charge in [0.2, 0.25) is 11.8 Å². The maximum absolute atomic E-state index is 12.6. The molecule has 4 rings (SSSR count). The molecule has 1 aliphatic heterocycles. The average Bonchev–Trinajstić information content (AvgIpc) is 3.35. The zero-order valence-electron chi connectivity index (χ0n) is 15.2. The molecule has 1 aromatic rings. The van der Waals surface area contributed by atoms with Crippen molar-refractivity contribution < 1.29 is 23.9 Å². The number of benzene rings is 1. The number of imide groups is 1. The molecule has 1 N–H and O–H groups in total. The van der Waals surface area contributed by atoms with Gasteiger partial charge in [-0.25, -0.2) is 0 Å². The number of esters is 1. The minimum atomic E-state index is -0.630.